The predicted molar refractivity (Wildman–Crippen MR) is 144 cm³/mol. The number of sulfonamides is 1. The third kappa shape index (κ3) is 4.45. The first kappa shape index (κ1) is 23.6. The highest BCUT2D eigenvalue weighted by atomic mass is 32.2. The van der Waals surface area contributed by atoms with E-state index < -0.39 is 15.9 Å². The maximum Gasteiger partial charge on any atom is 0.264 e. The normalized spacial score (nSPS) is 11.6. The van der Waals surface area contributed by atoms with Crippen molar-refractivity contribution in [2.45, 2.75) is 25.7 Å². The van der Waals surface area contributed by atoms with Crippen LogP contribution in [0.2, 0.25) is 0 Å². The first-order chi connectivity index (χ1) is 17.2. The summed E-state index contributed by atoms with van der Waals surface area (Å²) in [7, 11) is -3.99. The maximum atomic E-state index is 13.7. The van der Waals surface area contributed by atoms with Gasteiger partial charge in [-0.1, -0.05) is 53.6 Å². The lowest BCUT2D eigenvalue weighted by Gasteiger charge is -2.26. The molecule has 1 aromatic heterocycles. The third-order valence-electron chi connectivity index (χ3n) is 6.18. The Morgan fingerprint density at radius 2 is 1.50 bits per heavy atom. The molecule has 182 valence electrons. The number of carbonyl (C=O) groups is 1. The minimum absolute atomic E-state index is 0.129. The van der Waals surface area contributed by atoms with E-state index in [4.69, 9.17) is 4.42 Å². The number of hydrogen-bond donors (Lipinski definition) is 1. The van der Waals surface area contributed by atoms with Crippen molar-refractivity contribution in [2.24, 2.45) is 0 Å². The first-order valence-electron chi connectivity index (χ1n) is 11.6. The Labute approximate surface area is 210 Å². The average Bonchev–Trinajstić information content (AvgIpc) is 3.21. The van der Waals surface area contributed by atoms with Crippen molar-refractivity contribution in [3.05, 3.63) is 102 Å². The molecule has 7 heteroatoms. The molecule has 0 fully saturated rings. The Kier molecular flexibility index (Phi) is 6.02. The number of hydrogen-bond acceptors (Lipinski definition) is 4. The van der Waals surface area contributed by atoms with Crippen LogP contribution in [0, 0.1) is 20.8 Å². The van der Waals surface area contributed by atoms with Gasteiger partial charge in [0, 0.05) is 22.5 Å². The molecule has 0 saturated carbocycles. The number of nitrogens with zero attached hydrogens (tertiary/aromatic N) is 1. The van der Waals surface area contributed by atoms with Crippen molar-refractivity contribution in [3.63, 3.8) is 0 Å². The second kappa shape index (κ2) is 9.17. The van der Waals surface area contributed by atoms with E-state index in [0.717, 1.165) is 33.0 Å². The summed E-state index contributed by atoms with van der Waals surface area (Å²) in [5, 5.41) is 4.78. The second-order valence-corrected chi connectivity index (χ2v) is 10.8. The van der Waals surface area contributed by atoms with Gasteiger partial charge in [-0.3, -0.25) is 9.10 Å². The minimum Gasteiger partial charge on any atom is -0.456 e. The van der Waals surface area contributed by atoms with Crippen molar-refractivity contribution in [2.75, 3.05) is 16.2 Å². The van der Waals surface area contributed by atoms with Crippen LogP contribution in [0.15, 0.2) is 94.2 Å². The largest absolute Gasteiger partial charge is 0.456 e. The number of aryl methyl sites for hydroxylation is 3. The van der Waals surface area contributed by atoms with Crippen molar-refractivity contribution in [1.82, 2.24) is 0 Å². The van der Waals surface area contributed by atoms with Crippen LogP contribution in [0.4, 0.5) is 11.4 Å². The zero-order chi connectivity index (χ0) is 25.4. The second-order valence-electron chi connectivity index (χ2n) is 8.97. The van der Waals surface area contributed by atoms with Crippen molar-refractivity contribution in [3.8, 4) is 0 Å². The molecule has 1 N–H and O–H groups in total. The van der Waals surface area contributed by atoms with Crippen LogP contribution in [-0.2, 0) is 14.8 Å². The predicted octanol–water partition coefficient (Wildman–Crippen LogP) is 6.35. The van der Waals surface area contributed by atoms with Gasteiger partial charge in [0.15, 0.2) is 0 Å². The Morgan fingerprint density at radius 1 is 0.806 bits per heavy atom. The van der Waals surface area contributed by atoms with Crippen LogP contribution >= 0.6 is 0 Å². The molecule has 5 rings (SSSR count). The van der Waals surface area contributed by atoms with Crippen LogP contribution in [0.3, 0.4) is 0 Å². The smallest absolute Gasteiger partial charge is 0.264 e. The zero-order valence-electron chi connectivity index (χ0n) is 20.3. The highest BCUT2D eigenvalue weighted by Gasteiger charge is 2.28. The zero-order valence-corrected chi connectivity index (χ0v) is 21.1. The molecule has 0 aliphatic rings. The fourth-order valence-corrected chi connectivity index (χ4v) is 5.84. The summed E-state index contributed by atoms with van der Waals surface area (Å²) >= 11 is 0. The molecule has 0 aliphatic heterocycles. The van der Waals surface area contributed by atoms with E-state index in [-0.39, 0.29) is 11.4 Å². The molecule has 0 radical (unpaired) electrons. The molecule has 5 aromatic rings. The summed E-state index contributed by atoms with van der Waals surface area (Å²) in [4.78, 5) is 13.3. The van der Waals surface area contributed by atoms with E-state index in [1.54, 1.807) is 42.5 Å². The number of amides is 1. The van der Waals surface area contributed by atoms with Crippen molar-refractivity contribution in [1.29, 1.82) is 0 Å². The molecule has 6 nitrogen and oxygen atoms in total. The molecule has 36 heavy (non-hydrogen) atoms. The monoisotopic (exact) mass is 498 g/mol. The third-order valence-corrected chi connectivity index (χ3v) is 7.95. The maximum absolute atomic E-state index is 13.7. The number of fused-ring (bicyclic) bond motifs is 3. The number of anilines is 2. The average molecular weight is 499 g/mol. The van der Waals surface area contributed by atoms with Gasteiger partial charge in [-0.05, 0) is 62.7 Å². The van der Waals surface area contributed by atoms with E-state index in [0.29, 0.717) is 17.0 Å². The molecule has 0 bridgehead atoms. The van der Waals surface area contributed by atoms with Gasteiger partial charge in [0.2, 0.25) is 5.91 Å². The number of rotatable bonds is 6. The number of nitrogens with one attached hydrogen (secondary N) is 1. The highest BCUT2D eigenvalue weighted by molar-refractivity contribution is 7.92. The standard InChI is InChI=1S/C29H26N2O4S/c1-19-8-12-23(13-9-19)36(33,34)31(26-15-10-20(2)16-21(26)3)18-29(32)30-22-11-14-25-24-6-4-5-7-27(24)35-28(25)17-22/h4-17H,18H2,1-3H3,(H,30,32). The lowest BCUT2D eigenvalue weighted by Crippen LogP contribution is -2.38. The molecular formula is C29H26N2O4S. The van der Waals surface area contributed by atoms with E-state index >= 15 is 0 Å². The molecule has 0 aliphatic carbocycles. The fraction of sp³-hybridized carbons (Fsp3) is 0.138. The van der Waals surface area contributed by atoms with Crippen LogP contribution in [-0.4, -0.2) is 20.9 Å². The van der Waals surface area contributed by atoms with Crippen LogP contribution < -0.4 is 9.62 Å². The van der Waals surface area contributed by atoms with Gasteiger partial charge in [0.05, 0.1) is 10.6 Å². The Balaban J connectivity index is 1.47. The van der Waals surface area contributed by atoms with E-state index in [1.165, 1.54) is 4.31 Å². The summed E-state index contributed by atoms with van der Waals surface area (Å²) in [6.07, 6.45) is 0. The fourth-order valence-electron chi connectivity index (χ4n) is 4.36. The van der Waals surface area contributed by atoms with Gasteiger partial charge >= 0.3 is 0 Å². The lowest BCUT2D eigenvalue weighted by atomic mass is 10.1. The molecule has 0 atom stereocenters. The Morgan fingerprint density at radius 3 is 2.25 bits per heavy atom. The summed E-state index contributed by atoms with van der Waals surface area (Å²) in [6.45, 7) is 5.30. The molecule has 0 unspecified atom stereocenters. The van der Waals surface area contributed by atoms with Crippen LogP contribution in [0.25, 0.3) is 21.9 Å². The van der Waals surface area contributed by atoms with E-state index in [9.17, 15) is 13.2 Å². The molecule has 1 amide bonds. The van der Waals surface area contributed by atoms with Crippen LogP contribution in [0.5, 0.6) is 0 Å². The van der Waals surface area contributed by atoms with Crippen molar-refractivity contribution >= 4 is 49.2 Å². The van der Waals surface area contributed by atoms with Gasteiger partial charge in [-0.2, -0.15) is 0 Å². The summed E-state index contributed by atoms with van der Waals surface area (Å²) < 4.78 is 34.4. The van der Waals surface area contributed by atoms with Gasteiger partial charge < -0.3 is 9.73 Å². The Bertz CT molecular complexity index is 1700. The van der Waals surface area contributed by atoms with E-state index in [2.05, 4.69) is 5.32 Å². The van der Waals surface area contributed by atoms with E-state index in [1.807, 2.05) is 63.2 Å². The van der Waals surface area contributed by atoms with Gasteiger partial charge in [-0.25, -0.2) is 8.42 Å². The van der Waals surface area contributed by atoms with Crippen LogP contribution in [0.1, 0.15) is 16.7 Å². The minimum atomic E-state index is -3.99. The molecule has 1 heterocycles. The number of benzene rings is 4. The number of furan rings is 1. The SMILES string of the molecule is Cc1ccc(S(=O)(=O)N(CC(=O)Nc2ccc3c(c2)oc2ccccc23)c2ccc(C)cc2C)cc1. The molecular weight excluding hydrogens is 472 g/mol. The molecule has 0 spiro atoms. The highest BCUT2D eigenvalue weighted by Crippen LogP contribution is 2.31. The van der Waals surface area contributed by atoms with Gasteiger partial charge in [0.1, 0.15) is 17.7 Å². The quantitative estimate of drug-likeness (QED) is 0.296. The van der Waals surface area contributed by atoms with Crippen molar-refractivity contribution < 1.29 is 17.6 Å². The van der Waals surface area contributed by atoms with Gasteiger partial charge in [0.25, 0.3) is 10.0 Å². The summed E-state index contributed by atoms with van der Waals surface area (Å²) in [5.41, 5.74) is 5.12. The lowest BCUT2D eigenvalue weighted by molar-refractivity contribution is -0.114. The first-order valence-corrected chi connectivity index (χ1v) is 13.0. The summed E-state index contributed by atoms with van der Waals surface area (Å²) in [5.74, 6) is -0.457. The number of para-hydroxylation sites is 1. The molecule has 4 aromatic carbocycles. The molecule has 0 saturated heterocycles. The topological polar surface area (TPSA) is 79.6 Å². The van der Waals surface area contributed by atoms with Gasteiger partial charge in [-0.15, -0.1) is 0 Å². The Hall–Kier alpha value is -4.10. The number of carbonyl (C=O) groups excluding carboxylic acids is 1. The summed E-state index contributed by atoms with van der Waals surface area (Å²) in [6, 6.07) is 25.3.